The highest BCUT2D eigenvalue weighted by atomic mass is 32.2. The summed E-state index contributed by atoms with van der Waals surface area (Å²) >= 11 is 2.06. The zero-order valence-electron chi connectivity index (χ0n) is 8.02. The third kappa shape index (κ3) is 10.5. The highest BCUT2D eigenvalue weighted by Crippen LogP contribution is 2.13. The molecule has 0 rings (SSSR count). The van der Waals surface area contributed by atoms with E-state index in [1.54, 1.807) is 0 Å². The van der Waals surface area contributed by atoms with Crippen LogP contribution in [0.1, 0.15) is 6.42 Å². The maximum Gasteiger partial charge on any atom is 0.0450 e. The van der Waals surface area contributed by atoms with Crippen molar-refractivity contribution in [3.63, 3.8) is 0 Å². The maximum atomic E-state index is 5.39. The standard InChI is InChI=1S/C8H21NSSi/c1-11(2,3)8-7-10-6-4-5-9/h4-9H2,1-3H3. The minimum absolute atomic E-state index is 0.769. The molecule has 0 amide bonds. The van der Waals surface area contributed by atoms with Gasteiger partial charge in [0.2, 0.25) is 0 Å². The van der Waals surface area contributed by atoms with Crippen LogP contribution in [0.5, 0.6) is 0 Å². The number of nitrogens with two attached hydrogens (primary N) is 1. The Morgan fingerprint density at radius 2 is 1.82 bits per heavy atom. The Balaban J connectivity index is 3.02. The Hall–Kier alpha value is 0.527. The molecule has 0 spiro atoms. The van der Waals surface area contributed by atoms with Crippen molar-refractivity contribution in [3.05, 3.63) is 0 Å². The van der Waals surface area contributed by atoms with Gasteiger partial charge in [-0.15, -0.1) is 0 Å². The van der Waals surface area contributed by atoms with Gasteiger partial charge >= 0.3 is 0 Å². The fourth-order valence-corrected chi connectivity index (χ4v) is 4.27. The first-order chi connectivity index (χ1) is 5.06. The number of hydrogen-bond donors (Lipinski definition) is 1. The smallest absolute Gasteiger partial charge is 0.0450 e. The number of hydrogen-bond acceptors (Lipinski definition) is 2. The van der Waals surface area contributed by atoms with Gasteiger partial charge in [-0.1, -0.05) is 19.6 Å². The molecule has 0 bridgehead atoms. The second-order valence-corrected chi connectivity index (χ2v) is 10.9. The van der Waals surface area contributed by atoms with Crippen molar-refractivity contribution >= 4 is 19.8 Å². The molecule has 0 heterocycles. The molecule has 68 valence electrons. The molecule has 0 atom stereocenters. The van der Waals surface area contributed by atoms with Crippen molar-refractivity contribution in [3.8, 4) is 0 Å². The number of rotatable bonds is 6. The van der Waals surface area contributed by atoms with Crippen LogP contribution in [0, 0.1) is 0 Å². The van der Waals surface area contributed by atoms with Crippen LogP contribution in [0.2, 0.25) is 25.7 Å². The van der Waals surface area contributed by atoms with E-state index in [1.807, 2.05) is 0 Å². The molecule has 0 saturated carbocycles. The van der Waals surface area contributed by atoms with Crippen LogP contribution in [0.25, 0.3) is 0 Å². The summed E-state index contributed by atoms with van der Waals surface area (Å²) in [6.45, 7) is 8.13. The Labute approximate surface area is 76.1 Å². The summed E-state index contributed by atoms with van der Waals surface area (Å²) in [5.74, 6) is 2.59. The van der Waals surface area contributed by atoms with Gasteiger partial charge in [-0.2, -0.15) is 11.8 Å². The normalized spacial score (nSPS) is 12.0. The van der Waals surface area contributed by atoms with E-state index in [0.29, 0.717) is 0 Å². The van der Waals surface area contributed by atoms with Crippen molar-refractivity contribution in [1.29, 1.82) is 0 Å². The molecule has 0 unspecified atom stereocenters. The fraction of sp³-hybridized carbons (Fsp3) is 1.00. The summed E-state index contributed by atoms with van der Waals surface area (Å²) in [7, 11) is -0.769. The van der Waals surface area contributed by atoms with Gasteiger partial charge in [0.05, 0.1) is 0 Å². The molecular formula is C8H21NSSi. The van der Waals surface area contributed by atoms with Gasteiger partial charge in [-0.3, -0.25) is 0 Å². The second kappa shape index (κ2) is 6.09. The van der Waals surface area contributed by atoms with Gasteiger partial charge in [-0.25, -0.2) is 0 Å². The monoisotopic (exact) mass is 191 g/mol. The van der Waals surface area contributed by atoms with E-state index in [4.69, 9.17) is 5.73 Å². The van der Waals surface area contributed by atoms with Crippen LogP contribution in [0.3, 0.4) is 0 Å². The Morgan fingerprint density at radius 3 is 2.27 bits per heavy atom. The molecule has 1 nitrogen and oxygen atoms in total. The average Bonchev–Trinajstić information content (AvgIpc) is 1.85. The SMILES string of the molecule is C[Si](C)(C)CCSCCCN. The van der Waals surface area contributed by atoms with Gasteiger partial charge in [0.15, 0.2) is 0 Å². The summed E-state index contributed by atoms with van der Waals surface area (Å²) in [6.07, 6.45) is 1.18. The minimum Gasteiger partial charge on any atom is -0.330 e. The zero-order chi connectivity index (χ0) is 8.74. The summed E-state index contributed by atoms with van der Waals surface area (Å²) in [6, 6.07) is 1.45. The van der Waals surface area contributed by atoms with E-state index in [2.05, 4.69) is 31.4 Å². The van der Waals surface area contributed by atoms with Crippen LogP contribution in [-0.4, -0.2) is 26.1 Å². The Kier molecular flexibility index (Phi) is 6.38. The molecule has 0 aliphatic carbocycles. The molecule has 2 N–H and O–H groups in total. The van der Waals surface area contributed by atoms with Gasteiger partial charge in [0.1, 0.15) is 0 Å². The van der Waals surface area contributed by atoms with Gasteiger partial charge in [0.25, 0.3) is 0 Å². The third-order valence-corrected chi connectivity index (χ3v) is 4.67. The quantitative estimate of drug-likeness (QED) is 0.515. The molecular weight excluding hydrogens is 170 g/mol. The van der Waals surface area contributed by atoms with Crippen molar-refractivity contribution in [2.75, 3.05) is 18.1 Å². The number of thioether (sulfide) groups is 1. The van der Waals surface area contributed by atoms with E-state index in [9.17, 15) is 0 Å². The van der Waals surface area contributed by atoms with Crippen molar-refractivity contribution < 1.29 is 0 Å². The van der Waals surface area contributed by atoms with Gasteiger partial charge in [0, 0.05) is 8.07 Å². The van der Waals surface area contributed by atoms with Gasteiger partial charge < -0.3 is 5.73 Å². The van der Waals surface area contributed by atoms with Crippen LogP contribution < -0.4 is 5.73 Å². The topological polar surface area (TPSA) is 26.0 Å². The lowest BCUT2D eigenvalue weighted by molar-refractivity contribution is 0.943. The Bertz CT molecular complexity index is 90.6. The lowest BCUT2D eigenvalue weighted by Gasteiger charge is -2.14. The lowest BCUT2D eigenvalue weighted by Crippen LogP contribution is -2.20. The van der Waals surface area contributed by atoms with Crippen molar-refractivity contribution in [2.24, 2.45) is 5.73 Å². The fourth-order valence-electron chi connectivity index (χ4n) is 0.666. The first-order valence-corrected chi connectivity index (χ1v) is 9.20. The van der Waals surface area contributed by atoms with E-state index in [0.717, 1.165) is 6.54 Å². The van der Waals surface area contributed by atoms with Crippen molar-refractivity contribution in [1.82, 2.24) is 0 Å². The molecule has 0 aliphatic rings. The van der Waals surface area contributed by atoms with Crippen LogP contribution >= 0.6 is 11.8 Å². The summed E-state index contributed by atoms with van der Waals surface area (Å²) in [5.41, 5.74) is 5.39. The van der Waals surface area contributed by atoms with E-state index in [1.165, 1.54) is 24.0 Å². The lowest BCUT2D eigenvalue weighted by atomic mass is 10.5. The molecule has 3 heteroatoms. The van der Waals surface area contributed by atoms with E-state index >= 15 is 0 Å². The van der Waals surface area contributed by atoms with Crippen LogP contribution in [-0.2, 0) is 0 Å². The molecule has 0 aromatic carbocycles. The average molecular weight is 191 g/mol. The third-order valence-electron chi connectivity index (χ3n) is 1.49. The first kappa shape index (κ1) is 11.5. The molecule has 0 fully saturated rings. The molecule has 11 heavy (non-hydrogen) atoms. The van der Waals surface area contributed by atoms with Crippen LogP contribution in [0.15, 0.2) is 0 Å². The predicted molar refractivity (Wildman–Crippen MR) is 59.1 cm³/mol. The molecule has 0 aliphatic heterocycles. The molecule has 0 radical (unpaired) electrons. The first-order valence-electron chi connectivity index (χ1n) is 4.34. The Morgan fingerprint density at radius 1 is 1.18 bits per heavy atom. The van der Waals surface area contributed by atoms with Crippen molar-refractivity contribution in [2.45, 2.75) is 32.1 Å². The molecule has 0 aromatic rings. The van der Waals surface area contributed by atoms with E-state index in [-0.39, 0.29) is 0 Å². The van der Waals surface area contributed by atoms with Crippen LogP contribution in [0.4, 0.5) is 0 Å². The summed E-state index contributed by atoms with van der Waals surface area (Å²) in [4.78, 5) is 0. The molecule has 0 aromatic heterocycles. The zero-order valence-corrected chi connectivity index (χ0v) is 9.84. The highest BCUT2D eigenvalue weighted by Gasteiger charge is 2.11. The molecule has 0 saturated heterocycles. The highest BCUT2D eigenvalue weighted by molar-refractivity contribution is 7.99. The summed E-state index contributed by atoms with van der Waals surface area (Å²) < 4.78 is 0. The second-order valence-electron chi connectivity index (χ2n) is 4.07. The minimum atomic E-state index is -0.769. The van der Waals surface area contributed by atoms with E-state index < -0.39 is 8.07 Å². The maximum absolute atomic E-state index is 5.39. The predicted octanol–water partition coefficient (Wildman–Crippen LogP) is 2.41. The van der Waals surface area contributed by atoms with Gasteiger partial charge in [-0.05, 0) is 30.5 Å². The largest absolute Gasteiger partial charge is 0.330 e. The summed E-state index contributed by atoms with van der Waals surface area (Å²) in [5, 5.41) is 0.